The number of fused-ring (bicyclic) bond motifs is 1. The Morgan fingerprint density at radius 1 is 0.667 bits per heavy atom. The zero-order valence-corrected chi connectivity index (χ0v) is 13.9. The largest absolute Gasteiger partial charge is 0.369 e. The van der Waals surface area contributed by atoms with Crippen molar-refractivity contribution in [3.8, 4) is 0 Å². The molecule has 0 radical (unpaired) electrons. The Balaban J connectivity index is 2.25. The lowest BCUT2D eigenvalue weighted by Crippen LogP contribution is -2.42. The second-order valence-corrected chi connectivity index (χ2v) is 11.1. The van der Waals surface area contributed by atoms with Crippen LogP contribution in [0.15, 0.2) is 72.8 Å². The molecule has 2 heteroatoms. The summed E-state index contributed by atoms with van der Waals surface area (Å²) in [5.41, 5.74) is 2.60. The number of para-hydroxylation sites is 1. The van der Waals surface area contributed by atoms with Crippen LogP contribution in [0.5, 0.6) is 0 Å². The van der Waals surface area contributed by atoms with Crippen LogP contribution in [0, 0.1) is 0 Å². The van der Waals surface area contributed by atoms with Crippen molar-refractivity contribution in [3.05, 3.63) is 72.8 Å². The van der Waals surface area contributed by atoms with Crippen LogP contribution in [0.1, 0.15) is 0 Å². The van der Waals surface area contributed by atoms with Gasteiger partial charge in [-0.15, -0.1) is 0 Å². The summed E-state index contributed by atoms with van der Waals surface area (Å²) in [6.45, 7) is 7.17. The van der Waals surface area contributed by atoms with Crippen molar-refractivity contribution in [2.24, 2.45) is 0 Å². The second-order valence-electron chi connectivity index (χ2n) is 6.34. The average Bonchev–Trinajstić information content (AvgIpc) is 2.47. The van der Waals surface area contributed by atoms with Gasteiger partial charge in [0.25, 0.3) is 0 Å². The maximum atomic E-state index is 2.55. The van der Waals surface area contributed by atoms with E-state index in [1.807, 2.05) is 0 Å². The van der Waals surface area contributed by atoms with E-state index < -0.39 is 8.24 Å². The van der Waals surface area contributed by atoms with Crippen molar-refractivity contribution in [3.63, 3.8) is 0 Å². The Morgan fingerprint density at radius 3 is 2.00 bits per heavy atom. The van der Waals surface area contributed by atoms with E-state index in [2.05, 4.69) is 97.0 Å². The summed E-state index contributed by atoms with van der Waals surface area (Å²) >= 11 is 0. The van der Waals surface area contributed by atoms with Gasteiger partial charge in [-0.25, -0.2) is 0 Å². The molecule has 0 aromatic heterocycles. The smallest absolute Gasteiger partial charge is 0.153 e. The molecule has 3 aromatic carbocycles. The third kappa shape index (κ3) is 2.72. The minimum absolute atomic E-state index is 1.29. The zero-order chi connectivity index (χ0) is 14.9. The number of rotatable bonds is 3. The first-order valence-corrected chi connectivity index (χ1v) is 10.9. The predicted octanol–water partition coefficient (Wildman–Crippen LogP) is 5.81. The molecule has 0 saturated carbocycles. The van der Waals surface area contributed by atoms with Gasteiger partial charge in [0.05, 0.1) is 0 Å². The third-order valence-corrected chi connectivity index (χ3v) is 5.53. The highest BCUT2D eigenvalue weighted by atomic mass is 28.3. The van der Waals surface area contributed by atoms with Gasteiger partial charge in [0.1, 0.15) is 0 Å². The summed E-state index contributed by atoms with van der Waals surface area (Å²) in [5.74, 6) is 0. The lowest BCUT2D eigenvalue weighted by atomic mass is 10.1. The Labute approximate surface area is 127 Å². The monoisotopic (exact) mass is 291 g/mol. The number of nitrogens with zero attached hydrogens (tertiary/aromatic N) is 1. The fourth-order valence-corrected chi connectivity index (χ4v) is 4.71. The van der Waals surface area contributed by atoms with E-state index in [0.717, 1.165) is 0 Å². The van der Waals surface area contributed by atoms with E-state index in [4.69, 9.17) is 0 Å². The van der Waals surface area contributed by atoms with Crippen LogP contribution < -0.4 is 4.57 Å². The Morgan fingerprint density at radius 2 is 1.29 bits per heavy atom. The van der Waals surface area contributed by atoms with E-state index in [1.165, 1.54) is 22.1 Å². The fourth-order valence-electron chi connectivity index (χ4n) is 2.87. The van der Waals surface area contributed by atoms with Gasteiger partial charge in [-0.1, -0.05) is 74.2 Å². The molecule has 3 rings (SSSR count). The quantitative estimate of drug-likeness (QED) is 0.550. The maximum absolute atomic E-state index is 2.55. The molecule has 21 heavy (non-hydrogen) atoms. The van der Waals surface area contributed by atoms with Crippen molar-refractivity contribution in [2.45, 2.75) is 19.6 Å². The van der Waals surface area contributed by atoms with Gasteiger partial charge in [0.2, 0.25) is 0 Å². The van der Waals surface area contributed by atoms with Crippen LogP contribution in [-0.4, -0.2) is 8.24 Å². The SMILES string of the molecule is C[Si](C)(C)N(c1ccccc1)c1cccc2ccccc12. The molecular formula is C19H21NSi. The van der Waals surface area contributed by atoms with Gasteiger partial charge in [-0.05, 0) is 23.6 Å². The first-order chi connectivity index (χ1) is 10.1. The van der Waals surface area contributed by atoms with Gasteiger partial charge < -0.3 is 4.57 Å². The molecular weight excluding hydrogens is 270 g/mol. The first kappa shape index (κ1) is 13.9. The molecule has 106 valence electrons. The Bertz CT molecular complexity index is 739. The minimum Gasteiger partial charge on any atom is -0.369 e. The van der Waals surface area contributed by atoms with Gasteiger partial charge >= 0.3 is 0 Å². The Kier molecular flexibility index (Phi) is 3.56. The number of hydrogen-bond donors (Lipinski definition) is 0. The highest BCUT2D eigenvalue weighted by molar-refractivity contribution is 6.81. The van der Waals surface area contributed by atoms with E-state index in [9.17, 15) is 0 Å². The molecule has 0 aliphatic rings. The predicted molar refractivity (Wildman–Crippen MR) is 95.9 cm³/mol. The third-order valence-electron chi connectivity index (χ3n) is 3.69. The van der Waals surface area contributed by atoms with Crippen LogP contribution >= 0.6 is 0 Å². The molecule has 0 fully saturated rings. The van der Waals surface area contributed by atoms with Crippen molar-refractivity contribution in [2.75, 3.05) is 4.57 Å². The highest BCUT2D eigenvalue weighted by Gasteiger charge is 2.26. The second kappa shape index (κ2) is 5.38. The van der Waals surface area contributed by atoms with Crippen LogP contribution in [0.3, 0.4) is 0 Å². The van der Waals surface area contributed by atoms with Gasteiger partial charge in [0, 0.05) is 16.8 Å². The molecule has 0 heterocycles. The highest BCUT2D eigenvalue weighted by Crippen LogP contribution is 2.36. The molecule has 0 atom stereocenters. The molecule has 0 saturated heterocycles. The van der Waals surface area contributed by atoms with Crippen LogP contribution in [-0.2, 0) is 0 Å². The summed E-state index contributed by atoms with van der Waals surface area (Å²) in [5, 5.41) is 2.63. The average molecular weight is 291 g/mol. The van der Waals surface area contributed by atoms with E-state index in [-0.39, 0.29) is 0 Å². The molecule has 0 spiro atoms. The normalized spacial score (nSPS) is 11.6. The van der Waals surface area contributed by atoms with Crippen LogP contribution in [0.4, 0.5) is 11.4 Å². The summed E-state index contributed by atoms with van der Waals surface area (Å²) < 4.78 is 2.55. The van der Waals surface area contributed by atoms with Gasteiger partial charge in [-0.2, -0.15) is 0 Å². The van der Waals surface area contributed by atoms with Crippen molar-refractivity contribution < 1.29 is 0 Å². The lowest BCUT2D eigenvalue weighted by molar-refractivity contribution is 1.33. The molecule has 0 bridgehead atoms. The topological polar surface area (TPSA) is 3.24 Å². The summed E-state index contributed by atoms with van der Waals surface area (Å²) in [6.07, 6.45) is 0. The fraction of sp³-hybridized carbons (Fsp3) is 0.158. The van der Waals surface area contributed by atoms with Gasteiger partial charge in [0.15, 0.2) is 8.24 Å². The number of hydrogen-bond acceptors (Lipinski definition) is 1. The van der Waals surface area contributed by atoms with E-state index in [1.54, 1.807) is 0 Å². The molecule has 0 aliphatic carbocycles. The van der Waals surface area contributed by atoms with E-state index in [0.29, 0.717) is 0 Å². The number of anilines is 2. The summed E-state index contributed by atoms with van der Waals surface area (Å²) in [4.78, 5) is 0. The molecule has 1 nitrogen and oxygen atoms in total. The maximum Gasteiger partial charge on any atom is 0.153 e. The minimum atomic E-state index is -1.55. The van der Waals surface area contributed by atoms with Gasteiger partial charge in [-0.3, -0.25) is 0 Å². The summed E-state index contributed by atoms with van der Waals surface area (Å²) in [7, 11) is -1.55. The zero-order valence-electron chi connectivity index (χ0n) is 12.9. The number of benzene rings is 3. The van der Waals surface area contributed by atoms with Crippen LogP contribution in [0.2, 0.25) is 19.6 Å². The molecule has 3 aromatic rings. The van der Waals surface area contributed by atoms with Crippen molar-refractivity contribution in [1.82, 2.24) is 0 Å². The van der Waals surface area contributed by atoms with E-state index >= 15 is 0 Å². The lowest BCUT2D eigenvalue weighted by Gasteiger charge is -2.37. The summed E-state index contributed by atoms with van der Waals surface area (Å²) in [6, 6.07) is 26.0. The molecule has 0 N–H and O–H groups in total. The molecule has 0 aliphatic heterocycles. The molecule has 0 amide bonds. The Hall–Kier alpha value is -2.06. The van der Waals surface area contributed by atoms with Crippen LogP contribution in [0.25, 0.3) is 10.8 Å². The standard InChI is InChI=1S/C19H21NSi/c1-21(2,3)20(17-12-5-4-6-13-17)19-15-9-11-16-10-7-8-14-18(16)19/h4-15H,1-3H3. The molecule has 0 unspecified atom stereocenters. The first-order valence-electron chi connectivity index (χ1n) is 7.40. The van der Waals surface area contributed by atoms with Crippen molar-refractivity contribution >= 4 is 30.4 Å². The van der Waals surface area contributed by atoms with Crippen molar-refractivity contribution in [1.29, 1.82) is 0 Å².